The van der Waals surface area contributed by atoms with Crippen LogP contribution in [0.2, 0.25) is 0 Å². The van der Waals surface area contributed by atoms with Crippen LogP contribution in [0.5, 0.6) is 0 Å². The highest BCUT2D eigenvalue weighted by atomic mass is 16.3. The Hall–Kier alpha value is -6.90. The molecule has 0 atom stereocenters. The van der Waals surface area contributed by atoms with Crippen LogP contribution in [0, 0.1) is 6.92 Å². The van der Waals surface area contributed by atoms with Gasteiger partial charge in [-0.3, -0.25) is 0 Å². The Morgan fingerprint density at radius 2 is 0.830 bits per heavy atom. The minimum atomic E-state index is 0.916. The van der Waals surface area contributed by atoms with E-state index >= 15 is 0 Å². The second-order valence-electron chi connectivity index (χ2n) is 13.4. The van der Waals surface area contributed by atoms with E-state index in [1.54, 1.807) is 0 Å². The molecule has 1 heterocycles. The van der Waals surface area contributed by atoms with Crippen molar-refractivity contribution >= 4 is 28.0 Å². The number of hydrogen-bond donors (Lipinski definition) is 0. The van der Waals surface area contributed by atoms with Gasteiger partial charge in [-0.05, 0) is 88.3 Å². The fourth-order valence-electron chi connectivity index (χ4n) is 7.44. The lowest BCUT2D eigenvalue weighted by Crippen LogP contribution is -2.11. The molecule has 0 bridgehead atoms. The summed E-state index contributed by atoms with van der Waals surface area (Å²) >= 11 is 0. The monoisotopic (exact) mass is 679 g/mol. The van der Waals surface area contributed by atoms with E-state index in [1.807, 2.05) is 12.1 Å². The molecule has 2 nitrogen and oxygen atoms in total. The lowest BCUT2D eigenvalue weighted by Gasteiger charge is -2.28. The van der Waals surface area contributed by atoms with Gasteiger partial charge in [0.2, 0.25) is 0 Å². The molecule has 1 aromatic heterocycles. The summed E-state index contributed by atoms with van der Waals surface area (Å²) in [6.07, 6.45) is 0. The second kappa shape index (κ2) is 14.0. The van der Waals surface area contributed by atoms with Gasteiger partial charge < -0.3 is 9.32 Å². The fourth-order valence-corrected chi connectivity index (χ4v) is 7.44. The normalized spacial score (nSPS) is 11.1. The topological polar surface area (TPSA) is 16.4 Å². The molecule has 0 fully saturated rings. The van der Waals surface area contributed by atoms with Gasteiger partial charge in [-0.2, -0.15) is 0 Å². The van der Waals surface area contributed by atoms with Gasteiger partial charge >= 0.3 is 0 Å². The molecule has 0 saturated carbocycles. The third kappa shape index (κ3) is 6.22. The maximum atomic E-state index is 6.33. The molecule has 0 N–H and O–H groups in total. The number of fused-ring (bicyclic) bond motifs is 1. The summed E-state index contributed by atoms with van der Waals surface area (Å²) in [4.78, 5) is 2.37. The first kappa shape index (κ1) is 32.0. The third-order valence-corrected chi connectivity index (χ3v) is 10.1. The quantitative estimate of drug-likeness (QED) is 0.159. The van der Waals surface area contributed by atoms with Crippen LogP contribution in [-0.4, -0.2) is 0 Å². The standard InChI is InChI=1S/C51H37NO/c1-36-45-21-11-13-26-50(45)53-51(36)42-20-14-19-41(35-42)37-27-31-43(32-28-37)52(49-25-12-10-24-48(49)39-17-6-3-7-18-39)44-33-29-40(30-34-44)47-23-9-8-22-46(47)38-15-4-2-5-16-38/h2-35H,1H3. The van der Waals surface area contributed by atoms with Gasteiger partial charge in [-0.15, -0.1) is 0 Å². The first-order chi connectivity index (χ1) is 26.2. The van der Waals surface area contributed by atoms with Crippen molar-refractivity contribution in [2.24, 2.45) is 0 Å². The summed E-state index contributed by atoms with van der Waals surface area (Å²) in [5, 5.41) is 1.15. The highest BCUT2D eigenvalue weighted by Crippen LogP contribution is 2.43. The molecule has 0 aliphatic rings. The molecule has 9 aromatic rings. The van der Waals surface area contributed by atoms with Gasteiger partial charge in [-0.25, -0.2) is 0 Å². The molecular weight excluding hydrogens is 643 g/mol. The van der Waals surface area contributed by atoms with Crippen LogP contribution in [0.3, 0.4) is 0 Å². The van der Waals surface area contributed by atoms with E-state index < -0.39 is 0 Å². The molecule has 8 aromatic carbocycles. The van der Waals surface area contributed by atoms with Crippen LogP contribution in [0.4, 0.5) is 17.1 Å². The number of nitrogens with zero attached hydrogens (tertiary/aromatic N) is 1. The Morgan fingerprint density at radius 1 is 0.358 bits per heavy atom. The van der Waals surface area contributed by atoms with Crippen molar-refractivity contribution in [2.45, 2.75) is 6.92 Å². The van der Waals surface area contributed by atoms with Crippen molar-refractivity contribution in [1.29, 1.82) is 0 Å². The van der Waals surface area contributed by atoms with Crippen LogP contribution in [-0.2, 0) is 0 Å². The Kier molecular flexibility index (Phi) is 8.47. The second-order valence-corrected chi connectivity index (χ2v) is 13.4. The molecular formula is C51H37NO. The molecule has 0 aliphatic heterocycles. The molecule has 252 valence electrons. The third-order valence-electron chi connectivity index (χ3n) is 10.1. The summed E-state index contributed by atoms with van der Waals surface area (Å²) in [5.41, 5.74) is 15.9. The van der Waals surface area contributed by atoms with Gasteiger partial charge in [0.15, 0.2) is 0 Å². The molecule has 2 heteroatoms. The van der Waals surface area contributed by atoms with Crippen molar-refractivity contribution in [3.05, 3.63) is 212 Å². The van der Waals surface area contributed by atoms with Crippen LogP contribution < -0.4 is 4.90 Å². The van der Waals surface area contributed by atoms with Crippen molar-refractivity contribution in [3.63, 3.8) is 0 Å². The average molecular weight is 680 g/mol. The number of furan rings is 1. The smallest absolute Gasteiger partial charge is 0.138 e. The van der Waals surface area contributed by atoms with Crippen molar-refractivity contribution in [2.75, 3.05) is 4.90 Å². The van der Waals surface area contributed by atoms with Crippen LogP contribution in [0.15, 0.2) is 211 Å². The zero-order valence-corrected chi connectivity index (χ0v) is 29.5. The average Bonchev–Trinajstić information content (AvgIpc) is 3.58. The SMILES string of the molecule is Cc1c(-c2cccc(-c3ccc(N(c4ccc(-c5ccccc5-c5ccccc5)cc4)c4ccccc4-c4ccccc4)cc3)c2)oc2ccccc12. The van der Waals surface area contributed by atoms with E-state index in [9.17, 15) is 0 Å². The number of aryl methyl sites for hydroxylation is 1. The maximum absolute atomic E-state index is 6.33. The summed E-state index contributed by atoms with van der Waals surface area (Å²) < 4.78 is 6.33. The van der Waals surface area contributed by atoms with Crippen molar-refractivity contribution in [1.82, 2.24) is 0 Å². The molecule has 0 unspecified atom stereocenters. The molecule has 0 radical (unpaired) electrons. The molecule has 9 rings (SSSR count). The summed E-state index contributed by atoms with van der Waals surface area (Å²) in [7, 11) is 0. The highest BCUT2D eigenvalue weighted by Gasteiger charge is 2.18. The minimum Gasteiger partial charge on any atom is -0.456 e. The zero-order chi connectivity index (χ0) is 35.6. The Balaban J connectivity index is 1.11. The number of para-hydroxylation sites is 2. The molecule has 0 saturated heterocycles. The van der Waals surface area contributed by atoms with Crippen LogP contribution >= 0.6 is 0 Å². The van der Waals surface area contributed by atoms with E-state index in [0.29, 0.717) is 0 Å². The lowest BCUT2D eigenvalue weighted by atomic mass is 9.94. The van der Waals surface area contributed by atoms with Crippen LogP contribution in [0.1, 0.15) is 5.56 Å². The van der Waals surface area contributed by atoms with E-state index in [2.05, 4.69) is 206 Å². The largest absolute Gasteiger partial charge is 0.456 e. The van der Waals surface area contributed by atoms with Gasteiger partial charge in [0.1, 0.15) is 11.3 Å². The number of benzene rings is 8. The van der Waals surface area contributed by atoms with Crippen LogP contribution in [0.25, 0.3) is 66.8 Å². The predicted molar refractivity (Wildman–Crippen MR) is 223 cm³/mol. The Morgan fingerprint density at radius 3 is 1.47 bits per heavy atom. The zero-order valence-electron chi connectivity index (χ0n) is 29.5. The predicted octanol–water partition coefficient (Wildman–Crippen LogP) is 14.5. The maximum Gasteiger partial charge on any atom is 0.138 e. The highest BCUT2D eigenvalue weighted by molar-refractivity contribution is 5.91. The van der Waals surface area contributed by atoms with Gasteiger partial charge in [-0.1, -0.05) is 164 Å². The van der Waals surface area contributed by atoms with E-state index in [0.717, 1.165) is 56.0 Å². The van der Waals surface area contributed by atoms with Gasteiger partial charge in [0, 0.05) is 33.5 Å². The number of hydrogen-bond acceptors (Lipinski definition) is 2. The van der Waals surface area contributed by atoms with E-state index in [-0.39, 0.29) is 0 Å². The Bertz CT molecular complexity index is 2650. The molecule has 0 aliphatic carbocycles. The Labute approximate surface area is 310 Å². The van der Waals surface area contributed by atoms with Gasteiger partial charge in [0.25, 0.3) is 0 Å². The van der Waals surface area contributed by atoms with Crippen molar-refractivity contribution < 1.29 is 4.42 Å². The fraction of sp³-hybridized carbons (Fsp3) is 0.0196. The molecule has 0 spiro atoms. The number of rotatable bonds is 8. The molecule has 0 amide bonds. The summed E-state index contributed by atoms with van der Waals surface area (Å²) in [6, 6.07) is 73.3. The van der Waals surface area contributed by atoms with E-state index in [4.69, 9.17) is 4.42 Å². The first-order valence-corrected chi connectivity index (χ1v) is 18.1. The van der Waals surface area contributed by atoms with E-state index in [1.165, 1.54) is 33.4 Å². The van der Waals surface area contributed by atoms with Crippen molar-refractivity contribution in [3.8, 4) is 55.8 Å². The minimum absolute atomic E-state index is 0.916. The lowest BCUT2D eigenvalue weighted by molar-refractivity contribution is 0.629. The summed E-state index contributed by atoms with van der Waals surface area (Å²) in [6.45, 7) is 2.14. The number of anilines is 3. The molecule has 53 heavy (non-hydrogen) atoms. The first-order valence-electron chi connectivity index (χ1n) is 18.1. The van der Waals surface area contributed by atoms with Gasteiger partial charge in [0.05, 0.1) is 5.69 Å². The summed E-state index contributed by atoms with van der Waals surface area (Å²) in [5.74, 6) is 0.920.